The maximum absolute atomic E-state index is 12.9. The maximum Gasteiger partial charge on any atom is 0.417 e. The summed E-state index contributed by atoms with van der Waals surface area (Å²) >= 11 is 0. The van der Waals surface area contributed by atoms with Crippen molar-refractivity contribution < 1.29 is 17.9 Å². The number of halogens is 3. The van der Waals surface area contributed by atoms with Gasteiger partial charge in [-0.3, -0.25) is 4.98 Å². The molecule has 0 bridgehead atoms. The van der Waals surface area contributed by atoms with Gasteiger partial charge in [-0.25, -0.2) is 4.99 Å². The molecule has 0 aliphatic carbocycles. The third kappa shape index (κ3) is 3.90. The molecule has 2 heterocycles. The summed E-state index contributed by atoms with van der Waals surface area (Å²) < 4.78 is 44.3. The lowest BCUT2D eigenvalue weighted by atomic mass is 10.00. The number of aromatic nitrogens is 1. The summed E-state index contributed by atoms with van der Waals surface area (Å²) in [4.78, 5) is 8.23. The van der Waals surface area contributed by atoms with Crippen molar-refractivity contribution in [1.82, 2.24) is 4.98 Å². The van der Waals surface area contributed by atoms with Crippen LogP contribution in [0.1, 0.15) is 31.5 Å². The number of alkyl halides is 3. The number of allylic oxidation sites excluding steroid dienone is 5. The van der Waals surface area contributed by atoms with Crippen LogP contribution >= 0.6 is 0 Å². The summed E-state index contributed by atoms with van der Waals surface area (Å²) in [5.74, 6) is 0.591. The lowest BCUT2D eigenvalue weighted by Crippen LogP contribution is -2.08. The Morgan fingerprint density at radius 2 is 2.04 bits per heavy atom. The van der Waals surface area contributed by atoms with Gasteiger partial charge in [-0.05, 0) is 31.6 Å². The smallest absolute Gasteiger partial charge is 0.417 e. The van der Waals surface area contributed by atoms with Crippen molar-refractivity contribution in [2.75, 3.05) is 6.61 Å². The largest absolute Gasteiger partial charge is 0.494 e. The molecule has 1 aliphatic rings. The second kappa shape index (κ2) is 7.51. The first kappa shape index (κ1) is 18.7. The van der Waals surface area contributed by atoms with E-state index in [9.17, 15) is 13.2 Å². The van der Waals surface area contributed by atoms with Crippen LogP contribution in [0.2, 0.25) is 0 Å². The number of fused-ring (bicyclic) bond motifs is 1. The molecule has 132 valence electrons. The number of aliphatic imine (C=N–C) groups is 1. The summed E-state index contributed by atoms with van der Waals surface area (Å²) in [6.07, 6.45) is 2.22. The Hall–Kier alpha value is -2.63. The van der Waals surface area contributed by atoms with E-state index in [1.165, 1.54) is 0 Å². The van der Waals surface area contributed by atoms with Gasteiger partial charge in [-0.15, -0.1) is 0 Å². The Morgan fingerprint density at radius 3 is 2.60 bits per heavy atom. The van der Waals surface area contributed by atoms with E-state index < -0.39 is 11.7 Å². The zero-order chi connectivity index (χ0) is 18.6. The molecular formula is C19H19F3N2O. The van der Waals surface area contributed by atoms with E-state index in [0.717, 1.165) is 18.7 Å². The monoisotopic (exact) mass is 348 g/mol. The van der Waals surface area contributed by atoms with Gasteiger partial charge in [0.1, 0.15) is 5.76 Å². The molecular weight excluding hydrogens is 329 g/mol. The summed E-state index contributed by atoms with van der Waals surface area (Å²) in [5, 5.41) is 0. The third-order valence-electron chi connectivity index (χ3n) is 3.49. The molecule has 0 amide bonds. The molecule has 0 N–H and O–H groups in total. The highest BCUT2D eigenvalue weighted by atomic mass is 19.4. The van der Waals surface area contributed by atoms with Crippen molar-refractivity contribution in [3.63, 3.8) is 0 Å². The molecule has 2 rings (SSSR count). The topological polar surface area (TPSA) is 34.5 Å². The second-order valence-corrected chi connectivity index (χ2v) is 5.25. The van der Waals surface area contributed by atoms with Crippen molar-refractivity contribution in [3.05, 3.63) is 66.2 Å². The maximum atomic E-state index is 12.9. The zero-order valence-electron chi connectivity index (χ0n) is 14.2. The first-order valence-corrected chi connectivity index (χ1v) is 7.85. The van der Waals surface area contributed by atoms with Crippen LogP contribution in [0.15, 0.2) is 60.0 Å². The van der Waals surface area contributed by atoms with E-state index >= 15 is 0 Å². The van der Waals surface area contributed by atoms with Gasteiger partial charge in [0, 0.05) is 17.3 Å². The van der Waals surface area contributed by atoms with Gasteiger partial charge in [0.2, 0.25) is 0 Å². The zero-order valence-corrected chi connectivity index (χ0v) is 14.2. The van der Waals surface area contributed by atoms with Crippen LogP contribution in [0.25, 0.3) is 5.57 Å². The highest BCUT2D eigenvalue weighted by Crippen LogP contribution is 2.39. The van der Waals surface area contributed by atoms with Crippen LogP contribution in [-0.2, 0) is 10.9 Å². The number of hydrogen-bond donors (Lipinski definition) is 0. The van der Waals surface area contributed by atoms with Crippen LogP contribution in [0.5, 0.6) is 0 Å². The number of rotatable bonds is 6. The van der Waals surface area contributed by atoms with E-state index in [0.29, 0.717) is 34.9 Å². The Kier molecular flexibility index (Phi) is 5.62. The minimum atomic E-state index is -4.47. The summed E-state index contributed by atoms with van der Waals surface area (Å²) in [6.45, 7) is 11.9. The molecule has 6 heteroatoms. The summed E-state index contributed by atoms with van der Waals surface area (Å²) in [6, 6.07) is 0.982. The minimum absolute atomic E-state index is 0.150. The van der Waals surface area contributed by atoms with Crippen LogP contribution < -0.4 is 0 Å². The minimum Gasteiger partial charge on any atom is -0.494 e. The Bertz CT molecular complexity index is 786. The van der Waals surface area contributed by atoms with E-state index in [1.807, 2.05) is 19.9 Å². The number of nitrogens with zero attached hydrogens (tertiary/aromatic N) is 2. The highest BCUT2D eigenvalue weighted by Gasteiger charge is 2.34. The molecule has 0 radical (unpaired) electrons. The van der Waals surface area contributed by atoms with Gasteiger partial charge in [0.25, 0.3) is 0 Å². The first-order valence-electron chi connectivity index (χ1n) is 7.85. The van der Waals surface area contributed by atoms with Crippen LogP contribution in [0.3, 0.4) is 0 Å². The Balaban J connectivity index is 2.53. The lowest BCUT2D eigenvalue weighted by Gasteiger charge is -2.13. The van der Waals surface area contributed by atoms with Crippen LogP contribution in [0.4, 0.5) is 18.9 Å². The lowest BCUT2D eigenvalue weighted by molar-refractivity contribution is -0.137. The average molecular weight is 348 g/mol. The quantitative estimate of drug-likeness (QED) is 0.492. The summed E-state index contributed by atoms with van der Waals surface area (Å²) in [7, 11) is 0. The van der Waals surface area contributed by atoms with Crippen molar-refractivity contribution in [2.45, 2.75) is 26.4 Å². The average Bonchev–Trinajstić information content (AvgIpc) is 2.88. The molecule has 1 aliphatic heterocycles. The van der Waals surface area contributed by atoms with Crippen molar-refractivity contribution >= 4 is 17.0 Å². The van der Waals surface area contributed by atoms with E-state index in [4.69, 9.17) is 4.74 Å². The molecule has 0 spiro atoms. The fourth-order valence-corrected chi connectivity index (χ4v) is 2.43. The molecule has 0 aromatic carbocycles. The molecule has 0 atom stereocenters. The number of hydrogen-bond acceptors (Lipinski definition) is 3. The normalized spacial score (nSPS) is 15.1. The molecule has 1 aromatic heterocycles. The van der Waals surface area contributed by atoms with Gasteiger partial charge in [0.15, 0.2) is 0 Å². The number of ether oxygens (including phenoxy) is 1. The summed E-state index contributed by atoms with van der Waals surface area (Å²) in [5.41, 5.74) is 1.17. The third-order valence-corrected chi connectivity index (χ3v) is 3.49. The van der Waals surface area contributed by atoms with Gasteiger partial charge in [-0.1, -0.05) is 26.2 Å². The van der Waals surface area contributed by atoms with E-state index in [2.05, 4.69) is 23.1 Å². The standard InChI is InChI=1S/C19H19F3N2O/c1-5-8-14(16(9-6-2)25-7-3)17-12(4)18-15(24-17)10-13(11-23-18)19(20,21)22/h5,8-11H,1,4,6-7H2,2-3H3/b14-8+,16-9+. The van der Waals surface area contributed by atoms with Gasteiger partial charge < -0.3 is 4.74 Å². The van der Waals surface area contributed by atoms with Crippen molar-refractivity contribution in [1.29, 1.82) is 0 Å². The van der Waals surface area contributed by atoms with Crippen molar-refractivity contribution in [2.24, 2.45) is 4.99 Å². The molecule has 25 heavy (non-hydrogen) atoms. The van der Waals surface area contributed by atoms with Crippen molar-refractivity contribution in [3.8, 4) is 0 Å². The fourth-order valence-electron chi connectivity index (χ4n) is 2.43. The van der Waals surface area contributed by atoms with Gasteiger partial charge >= 0.3 is 6.18 Å². The van der Waals surface area contributed by atoms with Gasteiger partial charge in [-0.2, -0.15) is 13.2 Å². The van der Waals surface area contributed by atoms with Crippen LogP contribution in [-0.4, -0.2) is 17.3 Å². The molecule has 1 aromatic rings. The predicted molar refractivity (Wildman–Crippen MR) is 93.6 cm³/mol. The Morgan fingerprint density at radius 1 is 1.32 bits per heavy atom. The molecule has 0 saturated heterocycles. The van der Waals surface area contributed by atoms with Gasteiger partial charge in [0.05, 0.1) is 29.3 Å². The highest BCUT2D eigenvalue weighted by molar-refractivity contribution is 6.36. The Labute approximate surface area is 145 Å². The molecule has 0 saturated carbocycles. The molecule has 0 unspecified atom stereocenters. The number of pyridine rings is 1. The fraction of sp³-hybridized carbons (Fsp3) is 0.263. The molecule has 0 fully saturated rings. The van der Waals surface area contributed by atoms with E-state index in [1.54, 1.807) is 12.2 Å². The molecule has 3 nitrogen and oxygen atoms in total. The first-order chi connectivity index (χ1) is 11.8. The van der Waals surface area contributed by atoms with Crippen LogP contribution in [0, 0.1) is 0 Å². The SMILES string of the molecule is C=C/C=C(C1=Nc2cc(C(F)(F)F)cnc2C1=C)\C(=C/CC)OCC. The second-order valence-electron chi connectivity index (χ2n) is 5.25. The predicted octanol–water partition coefficient (Wildman–Crippen LogP) is 5.64. The van der Waals surface area contributed by atoms with E-state index in [-0.39, 0.29) is 5.69 Å².